The van der Waals surface area contributed by atoms with E-state index < -0.39 is 23.7 Å². The van der Waals surface area contributed by atoms with Gasteiger partial charge in [0.05, 0.1) is 6.61 Å². The molecule has 0 radical (unpaired) electrons. The maximum atomic E-state index is 11.6. The van der Waals surface area contributed by atoms with Crippen LogP contribution >= 0.6 is 11.6 Å². The number of carbonyl (C=O) groups excluding carboxylic acids is 1. The van der Waals surface area contributed by atoms with Gasteiger partial charge >= 0.3 is 12.1 Å². The smallest absolute Gasteiger partial charge is 0.408 e. The van der Waals surface area contributed by atoms with E-state index in [-0.39, 0.29) is 13.0 Å². The predicted octanol–water partition coefficient (Wildman–Crippen LogP) is 3.40. The average Bonchev–Trinajstić information content (AvgIpc) is 2.37. The van der Waals surface area contributed by atoms with Crippen molar-refractivity contribution in [2.75, 3.05) is 6.61 Å². The number of halogens is 1. The van der Waals surface area contributed by atoms with Gasteiger partial charge in [-0.05, 0) is 51.5 Å². The van der Waals surface area contributed by atoms with Gasteiger partial charge < -0.3 is 19.9 Å². The normalized spacial score (nSPS) is 12.4. The van der Waals surface area contributed by atoms with Crippen molar-refractivity contribution >= 4 is 23.7 Å². The number of carboxylic acid groups (broad SMARTS) is 1. The van der Waals surface area contributed by atoms with Crippen LogP contribution in [0.5, 0.6) is 5.75 Å². The van der Waals surface area contributed by atoms with Gasteiger partial charge in [-0.25, -0.2) is 9.59 Å². The summed E-state index contributed by atoms with van der Waals surface area (Å²) in [6, 6.07) is 4.08. The minimum Gasteiger partial charge on any atom is -0.493 e. The van der Waals surface area contributed by atoms with Crippen LogP contribution in [-0.2, 0) is 9.53 Å². The molecule has 128 valence electrons. The Hall–Kier alpha value is -1.95. The summed E-state index contributed by atoms with van der Waals surface area (Å²) in [5.41, 5.74) is 0.161. The number of benzene rings is 1. The lowest BCUT2D eigenvalue weighted by Crippen LogP contribution is -2.44. The fraction of sp³-hybridized carbons (Fsp3) is 0.500. The van der Waals surface area contributed by atoms with Crippen molar-refractivity contribution in [1.29, 1.82) is 0 Å². The van der Waals surface area contributed by atoms with Gasteiger partial charge in [0.15, 0.2) is 0 Å². The summed E-state index contributed by atoms with van der Waals surface area (Å²) < 4.78 is 10.6. The molecular weight excluding hydrogens is 322 g/mol. The predicted molar refractivity (Wildman–Crippen MR) is 87.1 cm³/mol. The topological polar surface area (TPSA) is 84.9 Å². The molecule has 0 fully saturated rings. The molecule has 1 aromatic carbocycles. The lowest BCUT2D eigenvalue weighted by atomic mass is 10.2. The minimum absolute atomic E-state index is 0.108. The monoisotopic (exact) mass is 343 g/mol. The van der Waals surface area contributed by atoms with Crippen molar-refractivity contribution in [1.82, 2.24) is 5.32 Å². The number of amides is 1. The summed E-state index contributed by atoms with van der Waals surface area (Å²) in [6.45, 7) is 7.09. The average molecular weight is 344 g/mol. The van der Waals surface area contributed by atoms with Crippen molar-refractivity contribution in [3.63, 3.8) is 0 Å². The molecule has 23 heavy (non-hydrogen) atoms. The van der Waals surface area contributed by atoms with Crippen LogP contribution in [0.15, 0.2) is 18.2 Å². The van der Waals surface area contributed by atoms with E-state index in [1.807, 2.05) is 6.92 Å². The van der Waals surface area contributed by atoms with Gasteiger partial charge in [0.25, 0.3) is 0 Å². The van der Waals surface area contributed by atoms with E-state index in [9.17, 15) is 9.59 Å². The van der Waals surface area contributed by atoms with Crippen LogP contribution in [-0.4, -0.2) is 35.4 Å². The van der Waals surface area contributed by atoms with Crippen LogP contribution in [0.25, 0.3) is 0 Å². The quantitative estimate of drug-likeness (QED) is 0.827. The molecule has 1 atom stereocenters. The summed E-state index contributed by atoms with van der Waals surface area (Å²) in [4.78, 5) is 22.9. The summed E-state index contributed by atoms with van der Waals surface area (Å²) in [6.07, 6.45) is -0.663. The van der Waals surface area contributed by atoms with E-state index >= 15 is 0 Å². The van der Waals surface area contributed by atoms with Gasteiger partial charge in [-0.3, -0.25) is 0 Å². The fourth-order valence-electron chi connectivity index (χ4n) is 1.77. The van der Waals surface area contributed by atoms with E-state index in [2.05, 4.69) is 5.32 Å². The molecule has 1 unspecified atom stereocenters. The Kier molecular flexibility index (Phi) is 6.69. The van der Waals surface area contributed by atoms with E-state index in [1.165, 1.54) is 0 Å². The van der Waals surface area contributed by atoms with Crippen molar-refractivity contribution < 1.29 is 24.2 Å². The molecule has 1 amide bonds. The van der Waals surface area contributed by atoms with Gasteiger partial charge in [0.1, 0.15) is 17.4 Å². The first-order chi connectivity index (χ1) is 10.6. The van der Waals surface area contributed by atoms with E-state index in [4.69, 9.17) is 26.2 Å². The Morgan fingerprint density at radius 3 is 2.52 bits per heavy atom. The Labute approximate surface area is 140 Å². The number of hydrogen-bond donors (Lipinski definition) is 2. The lowest BCUT2D eigenvalue weighted by molar-refractivity contribution is -0.139. The number of aliphatic carboxylic acids is 1. The molecule has 0 aliphatic carbocycles. The van der Waals surface area contributed by atoms with Gasteiger partial charge in [0.2, 0.25) is 0 Å². The van der Waals surface area contributed by atoms with E-state index in [0.717, 1.165) is 5.56 Å². The van der Waals surface area contributed by atoms with Gasteiger partial charge in [-0.2, -0.15) is 0 Å². The summed E-state index contributed by atoms with van der Waals surface area (Å²) in [5.74, 6) is -0.525. The first-order valence-corrected chi connectivity index (χ1v) is 7.57. The van der Waals surface area contributed by atoms with Crippen molar-refractivity contribution in [3.05, 3.63) is 28.8 Å². The summed E-state index contributed by atoms with van der Waals surface area (Å²) in [5, 5.41) is 12.1. The molecule has 0 heterocycles. The highest BCUT2D eigenvalue weighted by Gasteiger charge is 2.23. The van der Waals surface area contributed by atoms with Gasteiger partial charge in [-0.1, -0.05) is 11.6 Å². The zero-order chi connectivity index (χ0) is 17.6. The molecule has 0 aliphatic heterocycles. The van der Waals surface area contributed by atoms with Crippen LogP contribution in [0, 0.1) is 6.92 Å². The summed E-state index contributed by atoms with van der Waals surface area (Å²) >= 11 is 5.86. The lowest BCUT2D eigenvalue weighted by Gasteiger charge is -2.22. The standard InChI is InChI=1S/C16H22ClNO5/c1-10-9-11(17)5-6-13(10)22-8-7-12(14(19)20)18-15(21)23-16(2,3)4/h5-6,9,12H,7-8H2,1-4H3,(H,18,21)(H,19,20). The third kappa shape index (κ3) is 7.23. The van der Waals surface area contributed by atoms with Crippen molar-refractivity contribution in [2.24, 2.45) is 0 Å². The molecular formula is C16H22ClNO5. The first kappa shape index (κ1) is 19.1. The molecule has 0 aromatic heterocycles. The van der Waals surface area contributed by atoms with Crippen LogP contribution in [0.2, 0.25) is 5.02 Å². The highest BCUT2D eigenvalue weighted by molar-refractivity contribution is 6.30. The highest BCUT2D eigenvalue weighted by Crippen LogP contribution is 2.22. The Bertz CT molecular complexity index is 568. The molecule has 2 N–H and O–H groups in total. The summed E-state index contributed by atoms with van der Waals surface area (Å²) in [7, 11) is 0. The number of hydrogen-bond acceptors (Lipinski definition) is 4. The minimum atomic E-state index is -1.15. The molecule has 0 spiro atoms. The second-order valence-electron chi connectivity index (χ2n) is 6.08. The zero-order valence-corrected chi connectivity index (χ0v) is 14.4. The molecule has 7 heteroatoms. The maximum Gasteiger partial charge on any atom is 0.408 e. The van der Waals surface area contributed by atoms with Gasteiger partial charge in [0, 0.05) is 11.4 Å². The van der Waals surface area contributed by atoms with Crippen molar-refractivity contribution in [2.45, 2.75) is 45.8 Å². The van der Waals surface area contributed by atoms with E-state index in [1.54, 1.807) is 39.0 Å². The number of rotatable bonds is 6. The molecule has 0 bridgehead atoms. The molecule has 1 rings (SSSR count). The van der Waals surface area contributed by atoms with Crippen LogP contribution < -0.4 is 10.1 Å². The second kappa shape index (κ2) is 8.06. The second-order valence-corrected chi connectivity index (χ2v) is 6.52. The highest BCUT2D eigenvalue weighted by atomic mass is 35.5. The Balaban J connectivity index is 2.53. The first-order valence-electron chi connectivity index (χ1n) is 7.20. The van der Waals surface area contributed by atoms with E-state index in [0.29, 0.717) is 10.8 Å². The van der Waals surface area contributed by atoms with Gasteiger partial charge in [-0.15, -0.1) is 0 Å². The number of alkyl carbamates (subject to hydrolysis) is 1. The molecule has 6 nitrogen and oxygen atoms in total. The van der Waals surface area contributed by atoms with Crippen LogP contribution in [0.3, 0.4) is 0 Å². The van der Waals surface area contributed by atoms with Crippen LogP contribution in [0.4, 0.5) is 4.79 Å². The number of carboxylic acids is 1. The fourth-order valence-corrected chi connectivity index (χ4v) is 2.00. The van der Waals surface area contributed by atoms with Crippen molar-refractivity contribution in [3.8, 4) is 5.75 Å². The third-order valence-electron chi connectivity index (χ3n) is 2.79. The number of ether oxygens (including phenoxy) is 2. The Morgan fingerprint density at radius 2 is 2.00 bits per heavy atom. The molecule has 0 saturated heterocycles. The molecule has 0 saturated carbocycles. The third-order valence-corrected chi connectivity index (χ3v) is 3.03. The molecule has 0 aliphatic rings. The van der Waals surface area contributed by atoms with Crippen LogP contribution in [0.1, 0.15) is 32.8 Å². The molecule has 1 aromatic rings. The Morgan fingerprint density at radius 1 is 1.35 bits per heavy atom. The largest absolute Gasteiger partial charge is 0.493 e. The maximum absolute atomic E-state index is 11.6. The zero-order valence-electron chi connectivity index (χ0n) is 13.7. The number of nitrogens with one attached hydrogen (secondary N) is 1. The SMILES string of the molecule is Cc1cc(Cl)ccc1OCCC(NC(=O)OC(C)(C)C)C(=O)O. The number of aryl methyl sites for hydroxylation is 1. The number of carbonyl (C=O) groups is 2.